The van der Waals surface area contributed by atoms with E-state index in [1.54, 1.807) is 0 Å². The molecule has 0 radical (unpaired) electrons. The molecule has 0 bridgehead atoms. The number of nitrogens with one attached hydrogen (secondary N) is 1. The number of nitrogens with zero attached hydrogens (tertiary/aromatic N) is 3. The van der Waals surface area contributed by atoms with Crippen molar-refractivity contribution in [1.29, 1.82) is 0 Å². The molecule has 0 unspecified atom stereocenters. The Morgan fingerprint density at radius 2 is 2.12 bits per heavy atom. The summed E-state index contributed by atoms with van der Waals surface area (Å²) in [5.41, 5.74) is 2.92. The van der Waals surface area contributed by atoms with Crippen LogP contribution in [0.4, 0.5) is 0 Å². The molecule has 0 aliphatic rings. The standard InChI is InChI=1S/C8H6ClN5O2/c9-8-11-1-4(2-12-8)5-3-16-7(13-5)6(15)14-10/h1-3H,10H2,(H,14,15). The first-order chi connectivity index (χ1) is 7.70. The zero-order valence-electron chi connectivity index (χ0n) is 7.85. The van der Waals surface area contributed by atoms with Crippen molar-refractivity contribution in [2.45, 2.75) is 0 Å². The molecule has 0 aliphatic carbocycles. The smallest absolute Gasteiger partial charge is 0.321 e. The number of hydrogen-bond acceptors (Lipinski definition) is 6. The van der Waals surface area contributed by atoms with Gasteiger partial charge in [-0.3, -0.25) is 10.2 Å². The zero-order chi connectivity index (χ0) is 11.5. The van der Waals surface area contributed by atoms with Crippen LogP contribution in [0.1, 0.15) is 10.7 Å². The molecule has 0 saturated carbocycles. The van der Waals surface area contributed by atoms with Crippen LogP contribution in [-0.2, 0) is 0 Å². The van der Waals surface area contributed by atoms with Gasteiger partial charge >= 0.3 is 5.91 Å². The molecule has 1 amide bonds. The second kappa shape index (κ2) is 4.25. The normalized spacial score (nSPS) is 10.1. The lowest BCUT2D eigenvalue weighted by Crippen LogP contribution is -2.30. The van der Waals surface area contributed by atoms with Crippen molar-refractivity contribution < 1.29 is 9.21 Å². The summed E-state index contributed by atoms with van der Waals surface area (Å²) in [6.07, 6.45) is 4.24. The first-order valence-corrected chi connectivity index (χ1v) is 4.53. The average molecular weight is 240 g/mol. The molecule has 7 nitrogen and oxygen atoms in total. The van der Waals surface area contributed by atoms with Gasteiger partial charge in [0.05, 0.1) is 0 Å². The Labute approximate surface area is 94.6 Å². The number of amides is 1. The molecule has 0 fully saturated rings. The fourth-order valence-electron chi connectivity index (χ4n) is 1.02. The monoisotopic (exact) mass is 239 g/mol. The topological polar surface area (TPSA) is 107 Å². The Hall–Kier alpha value is -1.99. The highest BCUT2D eigenvalue weighted by Crippen LogP contribution is 2.17. The van der Waals surface area contributed by atoms with Gasteiger partial charge < -0.3 is 4.42 Å². The molecule has 0 spiro atoms. The van der Waals surface area contributed by atoms with Crippen molar-refractivity contribution in [2.24, 2.45) is 5.84 Å². The lowest BCUT2D eigenvalue weighted by atomic mass is 10.3. The van der Waals surface area contributed by atoms with E-state index in [4.69, 9.17) is 21.9 Å². The summed E-state index contributed by atoms with van der Waals surface area (Å²) < 4.78 is 4.91. The Bertz CT molecular complexity index is 509. The number of nitrogens with two attached hydrogens (primary N) is 1. The Morgan fingerprint density at radius 1 is 1.44 bits per heavy atom. The van der Waals surface area contributed by atoms with Gasteiger partial charge in [0.2, 0.25) is 5.28 Å². The van der Waals surface area contributed by atoms with E-state index in [-0.39, 0.29) is 11.2 Å². The lowest BCUT2D eigenvalue weighted by molar-refractivity contribution is 0.0919. The van der Waals surface area contributed by atoms with Gasteiger partial charge in [0.25, 0.3) is 5.89 Å². The number of halogens is 1. The predicted molar refractivity (Wildman–Crippen MR) is 54.2 cm³/mol. The predicted octanol–water partition coefficient (Wildman–Crippen LogP) is 0.388. The van der Waals surface area contributed by atoms with E-state index in [0.29, 0.717) is 11.3 Å². The third-order valence-corrected chi connectivity index (χ3v) is 1.94. The van der Waals surface area contributed by atoms with Crippen LogP contribution >= 0.6 is 11.6 Å². The van der Waals surface area contributed by atoms with E-state index in [1.165, 1.54) is 18.7 Å². The van der Waals surface area contributed by atoms with Gasteiger partial charge in [-0.15, -0.1) is 0 Å². The second-order valence-corrected chi connectivity index (χ2v) is 3.09. The number of carbonyl (C=O) groups is 1. The Balaban J connectivity index is 2.31. The number of carbonyl (C=O) groups excluding carboxylic acids is 1. The third kappa shape index (κ3) is 2.00. The number of nitrogen functional groups attached to an aromatic ring is 1. The average Bonchev–Trinajstić information content (AvgIpc) is 2.78. The van der Waals surface area contributed by atoms with Crippen LogP contribution in [0.2, 0.25) is 5.28 Å². The fourth-order valence-corrected chi connectivity index (χ4v) is 1.11. The summed E-state index contributed by atoms with van der Waals surface area (Å²) in [6.45, 7) is 0. The van der Waals surface area contributed by atoms with E-state index in [9.17, 15) is 4.79 Å². The van der Waals surface area contributed by atoms with Gasteiger partial charge in [0.15, 0.2) is 0 Å². The third-order valence-electron chi connectivity index (χ3n) is 1.75. The number of hydrogen-bond donors (Lipinski definition) is 2. The van der Waals surface area contributed by atoms with Crippen molar-refractivity contribution in [2.75, 3.05) is 0 Å². The maximum Gasteiger partial charge on any atom is 0.321 e. The quantitative estimate of drug-likeness (QED) is 0.340. The van der Waals surface area contributed by atoms with E-state index in [2.05, 4.69) is 15.0 Å². The summed E-state index contributed by atoms with van der Waals surface area (Å²) in [6, 6.07) is 0. The maximum absolute atomic E-state index is 11.1. The minimum absolute atomic E-state index is 0.132. The summed E-state index contributed by atoms with van der Waals surface area (Å²) in [5, 5.41) is 0.132. The van der Waals surface area contributed by atoms with E-state index in [1.807, 2.05) is 5.43 Å². The van der Waals surface area contributed by atoms with Gasteiger partial charge in [-0.2, -0.15) is 0 Å². The highest BCUT2D eigenvalue weighted by molar-refractivity contribution is 6.28. The van der Waals surface area contributed by atoms with Crippen molar-refractivity contribution in [3.63, 3.8) is 0 Å². The second-order valence-electron chi connectivity index (χ2n) is 2.75. The molecule has 2 rings (SSSR count). The number of aromatic nitrogens is 3. The molecule has 0 aromatic carbocycles. The zero-order valence-corrected chi connectivity index (χ0v) is 8.60. The van der Waals surface area contributed by atoms with Crippen molar-refractivity contribution >= 4 is 17.5 Å². The lowest BCUT2D eigenvalue weighted by Gasteiger charge is -1.93. The van der Waals surface area contributed by atoms with Crippen LogP contribution in [0.25, 0.3) is 11.3 Å². The fraction of sp³-hybridized carbons (Fsp3) is 0. The summed E-state index contributed by atoms with van der Waals surface area (Å²) in [4.78, 5) is 22.5. The molecule has 2 heterocycles. The molecule has 82 valence electrons. The molecule has 2 aromatic heterocycles. The van der Waals surface area contributed by atoms with Crippen LogP contribution in [0.3, 0.4) is 0 Å². The number of oxazole rings is 1. The van der Waals surface area contributed by atoms with Gasteiger partial charge in [0.1, 0.15) is 12.0 Å². The summed E-state index contributed by atoms with van der Waals surface area (Å²) in [7, 11) is 0. The molecule has 2 aromatic rings. The van der Waals surface area contributed by atoms with Crippen LogP contribution in [0, 0.1) is 0 Å². The van der Waals surface area contributed by atoms with E-state index < -0.39 is 5.91 Å². The van der Waals surface area contributed by atoms with Crippen LogP contribution < -0.4 is 11.3 Å². The molecule has 0 aliphatic heterocycles. The molecule has 3 N–H and O–H groups in total. The largest absolute Gasteiger partial charge is 0.440 e. The highest BCUT2D eigenvalue weighted by atomic mass is 35.5. The van der Waals surface area contributed by atoms with Crippen molar-refractivity contribution in [3.8, 4) is 11.3 Å². The number of rotatable bonds is 2. The molecule has 0 atom stereocenters. The van der Waals surface area contributed by atoms with Gasteiger partial charge in [-0.1, -0.05) is 0 Å². The summed E-state index contributed by atoms with van der Waals surface area (Å²) in [5.74, 6) is 4.19. The summed E-state index contributed by atoms with van der Waals surface area (Å²) >= 11 is 5.53. The van der Waals surface area contributed by atoms with Crippen LogP contribution in [0.15, 0.2) is 23.1 Å². The molecule has 8 heteroatoms. The minimum atomic E-state index is -0.610. The molecular weight excluding hydrogens is 234 g/mol. The first kappa shape index (κ1) is 10.5. The molecular formula is C8H6ClN5O2. The maximum atomic E-state index is 11.1. The SMILES string of the molecule is NNC(=O)c1nc(-c2cnc(Cl)nc2)co1. The van der Waals surface area contributed by atoms with Gasteiger partial charge in [-0.25, -0.2) is 20.8 Å². The van der Waals surface area contributed by atoms with Crippen LogP contribution in [-0.4, -0.2) is 20.9 Å². The Kier molecular flexibility index (Phi) is 2.80. The van der Waals surface area contributed by atoms with E-state index in [0.717, 1.165) is 0 Å². The van der Waals surface area contributed by atoms with Crippen molar-refractivity contribution in [1.82, 2.24) is 20.4 Å². The first-order valence-electron chi connectivity index (χ1n) is 4.15. The molecule has 0 saturated heterocycles. The van der Waals surface area contributed by atoms with Crippen LogP contribution in [0.5, 0.6) is 0 Å². The highest BCUT2D eigenvalue weighted by Gasteiger charge is 2.13. The Morgan fingerprint density at radius 3 is 2.75 bits per heavy atom. The van der Waals surface area contributed by atoms with Gasteiger partial charge in [0, 0.05) is 18.0 Å². The number of hydrazine groups is 1. The van der Waals surface area contributed by atoms with Gasteiger partial charge in [-0.05, 0) is 11.6 Å². The van der Waals surface area contributed by atoms with E-state index >= 15 is 0 Å². The minimum Gasteiger partial charge on any atom is -0.440 e. The molecule has 16 heavy (non-hydrogen) atoms. The van der Waals surface area contributed by atoms with Crippen molar-refractivity contribution in [3.05, 3.63) is 29.8 Å².